The van der Waals surface area contributed by atoms with Gasteiger partial charge in [-0.05, 0) is 44.8 Å². The van der Waals surface area contributed by atoms with Crippen LogP contribution in [0.15, 0.2) is 10.1 Å². The lowest BCUT2D eigenvalue weighted by Crippen LogP contribution is -2.40. The molecule has 142 valence electrons. The quantitative estimate of drug-likeness (QED) is 0.223. The minimum absolute atomic E-state index is 0. The van der Waals surface area contributed by atoms with Crippen LogP contribution in [0.2, 0.25) is 0 Å². The van der Waals surface area contributed by atoms with Gasteiger partial charge in [-0.1, -0.05) is 24.6 Å². The van der Waals surface area contributed by atoms with E-state index in [0.29, 0.717) is 6.04 Å². The van der Waals surface area contributed by atoms with Crippen LogP contribution in [0.25, 0.3) is 0 Å². The maximum absolute atomic E-state index is 6.12. The first kappa shape index (κ1) is 20.8. The number of thioether (sulfide) groups is 1. The van der Waals surface area contributed by atoms with E-state index in [-0.39, 0.29) is 24.0 Å². The van der Waals surface area contributed by atoms with Gasteiger partial charge < -0.3 is 15.2 Å². The third-order valence-electron chi connectivity index (χ3n) is 5.12. The zero-order valence-corrected chi connectivity index (χ0v) is 18.3. The lowest BCUT2D eigenvalue weighted by atomic mass is 10.1. The number of aryl methyl sites for hydroxylation is 1. The molecule has 1 aromatic heterocycles. The van der Waals surface area contributed by atoms with Crippen molar-refractivity contribution in [1.82, 2.24) is 19.7 Å². The Morgan fingerprint density at radius 2 is 1.88 bits per heavy atom. The molecule has 1 aromatic rings. The summed E-state index contributed by atoms with van der Waals surface area (Å²) in [5.41, 5.74) is 6.12. The Bertz CT molecular complexity index is 549. The summed E-state index contributed by atoms with van der Waals surface area (Å²) < 4.78 is 2.38. The van der Waals surface area contributed by atoms with Crippen molar-refractivity contribution < 1.29 is 0 Å². The molecule has 1 aliphatic heterocycles. The van der Waals surface area contributed by atoms with Gasteiger partial charge in [-0.25, -0.2) is 0 Å². The molecule has 1 aliphatic carbocycles. The highest BCUT2D eigenvalue weighted by Gasteiger charge is 2.23. The second kappa shape index (κ2) is 10.6. The number of likely N-dealkylation sites (tertiary alicyclic amines) is 1. The Morgan fingerprint density at radius 1 is 1.16 bits per heavy atom. The van der Waals surface area contributed by atoms with Gasteiger partial charge in [0.05, 0.1) is 0 Å². The Balaban J connectivity index is 0.00000225. The van der Waals surface area contributed by atoms with Crippen LogP contribution in [0.1, 0.15) is 63.2 Å². The predicted molar refractivity (Wildman–Crippen MR) is 115 cm³/mol. The van der Waals surface area contributed by atoms with Gasteiger partial charge in [0, 0.05) is 32.1 Å². The lowest BCUT2D eigenvalue weighted by molar-refractivity contribution is 0.338. The molecule has 8 heteroatoms. The summed E-state index contributed by atoms with van der Waals surface area (Å²) in [5.74, 6) is 1.84. The van der Waals surface area contributed by atoms with Crippen LogP contribution in [0.4, 0.5) is 0 Å². The second-order valence-corrected chi connectivity index (χ2v) is 7.58. The molecule has 1 saturated carbocycles. The van der Waals surface area contributed by atoms with Crippen LogP contribution in [-0.2, 0) is 6.42 Å². The van der Waals surface area contributed by atoms with Crippen molar-refractivity contribution in [3.8, 4) is 0 Å². The number of hydrogen-bond acceptors (Lipinski definition) is 4. The number of aromatic nitrogens is 3. The first-order chi connectivity index (χ1) is 11.8. The fourth-order valence-electron chi connectivity index (χ4n) is 3.80. The Kier molecular flexibility index (Phi) is 8.81. The number of rotatable bonds is 6. The van der Waals surface area contributed by atoms with E-state index in [9.17, 15) is 0 Å². The van der Waals surface area contributed by atoms with E-state index in [1.165, 1.54) is 44.9 Å². The summed E-state index contributed by atoms with van der Waals surface area (Å²) in [6.45, 7) is 2.89. The molecule has 0 atom stereocenters. The topological polar surface area (TPSA) is 72.3 Å². The minimum Gasteiger partial charge on any atom is -0.370 e. The number of nitrogens with zero attached hydrogens (tertiary/aromatic N) is 5. The fraction of sp³-hybridized carbons (Fsp3) is 0.824. The number of halogens is 1. The van der Waals surface area contributed by atoms with Crippen molar-refractivity contribution in [2.24, 2.45) is 10.7 Å². The maximum Gasteiger partial charge on any atom is 0.191 e. The predicted octanol–water partition coefficient (Wildman–Crippen LogP) is 3.47. The average molecular weight is 478 g/mol. The molecule has 0 bridgehead atoms. The van der Waals surface area contributed by atoms with E-state index in [0.717, 1.165) is 49.4 Å². The largest absolute Gasteiger partial charge is 0.370 e. The van der Waals surface area contributed by atoms with Gasteiger partial charge in [-0.3, -0.25) is 4.99 Å². The van der Waals surface area contributed by atoms with Gasteiger partial charge in [-0.2, -0.15) is 0 Å². The molecule has 2 N–H and O–H groups in total. The van der Waals surface area contributed by atoms with Crippen molar-refractivity contribution in [2.45, 2.75) is 69.0 Å². The zero-order chi connectivity index (χ0) is 16.8. The molecule has 0 aromatic carbocycles. The van der Waals surface area contributed by atoms with Crippen LogP contribution >= 0.6 is 35.7 Å². The van der Waals surface area contributed by atoms with Gasteiger partial charge in [0.1, 0.15) is 5.82 Å². The summed E-state index contributed by atoms with van der Waals surface area (Å²) in [5, 5.41) is 9.88. The molecule has 0 unspecified atom stereocenters. The van der Waals surface area contributed by atoms with E-state index >= 15 is 0 Å². The highest BCUT2D eigenvalue weighted by atomic mass is 127. The maximum atomic E-state index is 6.12. The van der Waals surface area contributed by atoms with E-state index in [1.807, 2.05) is 0 Å². The molecule has 6 nitrogen and oxygen atoms in total. The summed E-state index contributed by atoms with van der Waals surface area (Å²) in [7, 11) is 0. The van der Waals surface area contributed by atoms with Crippen molar-refractivity contribution in [1.29, 1.82) is 0 Å². The Labute approximate surface area is 172 Å². The van der Waals surface area contributed by atoms with E-state index in [2.05, 4.69) is 30.9 Å². The molecule has 25 heavy (non-hydrogen) atoms. The molecule has 0 spiro atoms. The van der Waals surface area contributed by atoms with Crippen LogP contribution in [0.3, 0.4) is 0 Å². The SMILES string of the molecule is CSc1nnc(CCCN=C(N)N2CCCCC2)n1C1CCCC1.I. The van der Waals surface area contributed by atoms with Crippen LogP contribution < -0.4 is 5.73 Å². The van der Waals surface area contributed by atoms with E-state index in [1.54, 1.807) is 11.8 Å². The van der Waals surface area contributed by atoms with Gasteiger partial charge in [0.15, 0.2) is 11.1 Å². The number of aliphatic imine (C=N–C) groups is 1. The van der Waals surface area contributed by atoms with Crippen molar-refractivity contribution in [2.75, 3.05) is 25.9 Å². The fourth-order valence-corrected chi connectivity index (χ4v) is 4.37. The molecular weight excluding hydrogens is 447 g/mol. The van der Waals surface area contributed by atoms with E-state index in [4.69, 9.17) is 5.73 Å². The summed E-state index contributed by atoms with van der Waals surface area (Å²) in [6, 6.07) is 0.597. The zero-order valence-electron chi connectivity index (χ0n) is 15.2. The van der Waals surface area contributed by atoms with Crippen LogP contribution in [0.5, 0.6) is 0 Å². The molecule has 2 fully saturated rings. The molecular formula is C17H31IN6S. The van der Waals surface area contributed by atoms with Gasteiger partial charge in [-0.15, -0.1) is 34.2 Å². The number of guanidine groups is 1. The first-order valence-electron chi connectivity index (χ1n) is 9.32. The normalized spacial score (nSPS) is 19.2. The first-order valence-corrected chi connectivity index (χ1v) is 10.5. The third-order valence-corrected chi connectivity index (χ3v) is 5.76. The van der Waals surface area contributed by atoms with Crippen molar-refractivity contribution >= 4 is 41.7 Å². The third kappa shape index (κ3) is 5.48. The van der Waals surface area contributed by atoms with Gasteiger partial charge in [0.2, 0.25) is 0 Å². The molecule has 2 aliphatic rings. The summed E-state index contributed by atoms with van der Waals surface area (Å²) >= 11 is 1.70. The summed E-state index contributed by atoms with van der Waals surface area (Å²) in [4.78, 5) is 6.79. The minimum atomic E-state index is 0. The Hall–Kier alpha value is -0.510. The highest BCUT2D eigenvalue weighted by Crippen LogP contribution is 2.33. The number of hydrogen-bond donors (Lipinski definition) is 1. The van der Waals surface area contributed by atoms with Crippen LogP contribution in [0, 0.1) is 0 Å². The average Bonchev–Trinajstić information content (AvgIpc) is 3.28. The summed E-state index contributed by atoms with van der Waals surface area (Å²) in [6.07, 6.45) is 13.0. The molecule has 1 saturated heterocycles. The molecule has 2 heterocycles. The van der Waals surface area contributed by atoms with Gasteiger partial charge in [0.25, 0.3) is 0 Å². The lowest BCUT2D eigenvalue weighted by Gasteiger charge is -2.27. The number of nitrogens with two attached hydrogens (primary N) is 1. The second-order valence-electron chi connectivity index (χ2n) is 6.80. The standard InChI is InChI=1S/C17H30N6S.HI/c1-24-17-21-20-15(23(17)14-8-3-4-9-14)10-7-11-19-16(18)22-12-5-2-6-13-22;/h14H,2-13H2,1H3,(H2,18,19);1H. The van der Waals surface area contributed by atoms with Gasteiger partial charge >= 0.3 is 0 Å². The molecule has 3 rings (SSSR count). The smallest absolute Gasteiger partial charge is 0.191 e. The Morgan fingerprint density at radius 3 is 2.56 bits per heavy atom. The molecule has 0 amide bonds. The highest BCUT2D eigenvalue weighted by molar-refractivity contribution is 14.0. The number of piperidine rings is 1. The van der Waals surface area contributed by atoms with Crippen LogP contribution in [-0.4, -0.2) is 51.5 Å². The monoisotopic (exact) mass is 478 g/mol. The molecule has 0 radical (unpaired) electrons. The van der Waals surface area contributed by atoms with E-state index < -0.39 is 0 Å². The van der Waals surface area contributed by atoms with Crippen molar-refractivity contribution in [3.63, 3.8) is 0 Å². The van der Waals surface area contributed by atoms with Crippen molar-refractivity contribution in [3.05, 3.63) is 5.82 Å².